The van der Waals surface area contributed by atoms with Crippen LogP contribution in [0.15, 0.2) is 42.7 Å². The summed E-state index contributed by atoms with van der Waals surface area (Å²) in [6, 6.07) is 7.49. The number of esters is 1. The van der Waals surface area contributed by atoms with E-state index >= 15 is 0 Å². The molecule has 1 heterocycles. The Morgan fingerprint density at radius 2 is 1.77 bits per heavy atom. The number of ether oxygens (including phenoxy) is 3. The van der Waals surface area contributed by atoms with E-state index in [1.54, 1.807) is 25.5 Å². The molecule has 1 aromatic heterocycles. The van der Waals surface area contributed by atoms with Gasteiger partial charge < -0.3 is 25.3 Å². The van der Waals surface area contributed by atoms with E-state index in [4.69, 9.17) is 19.9 Å². The predicted molar refractivity (Wildman–Crippen MR) is 138 cm³/mol. The molecule has 1 atom stereocenters. The zero-order valence-corrected chi connectivity index (χ0v) is 22.5. The van der Waals surface area contributed by atoms with Gasteiger partial charge in [0.1, 0.15) is 12.1 Å². The van der Waals surface area contributed by atoms with Gasteiger partial charge in [-0.15, -0.1) is 0 Å². The third-order valence-corrected chi connectivity index (χ3v) is 5.63. The summed E-state index contributed by atoms with van der Waals surface area (Å²) in [5.74, 6) is -4.19. The first-order chi connectivity index (χ1) is 18.6. The summed E-state index contributed by atoms with van der Waals surface area (Å²) in [6.45, 7) is 5.15. The van der Waals surface area contributed by atoms with Crippen LogP contribution < -0.4 is 25.2 Å². The van der Waals surface area contributed by atoms with Gasteiger partial charge in [0.05, 0.1) is 24.5 Å². The first kappa shape index (κ1) is 30.2. The summed E-state index contributed by atoms with van der Waals surface area (Å²) in [4.78, 5) is 33.5. The molecule has 0 saturated heterocycles. The van der Waals surface area contributed by atoms with Crippen molar-refractivity contribution in [1.29, 1.82) is 0 Å². The summed E-state index contributed by atoms with van der Waals surface area (Å²) in [7, 11) is -4.37. The third-order valence-electron chi connectivity index (χ3n) is 5.08. The highest BCUT2D eigenvalue weighted by Crippen LogP contribution is 2.38. The monoisotopic (exact) mass is 585 g/mol. The second kappa shape index (κ2) is 11.4. The van der Waals surface area contributed by atoms with E-state index in [-0.39, 0.29) is 41.2 Å². The molecule has 1 unspecified atom stereocenters. The van der Waals surface area contributed by atoms with Gasteiger partial charge in [0.15, 0.2) is 11.5 Å². The number of aromatic nitrogens is 2. The van der Waals surface area contributed by atoms with Crippen molar-refractivity contribution in [3.8, 4) is 11.5 Å². The molecule has 1 amide bonds. The molecule has 216 valence electrons. The predicted octanol–water partition coefficient (Wildman–Crippen LogP) is 2.84. The van der Waals surface area contributed by atoms with Crippen LogP contribution in [-0.4, -0.2) is 55.4 Å². The highest BCUT2D eigenvalue weighted by molar-refractivity contribution is 7.89. The van der Waals surface area contributed by atoms with Gasteiger partial charge in [0.2, 0.25) is 10.0 Å². The molecular weight excluding hydrogens is 559 g/mol. The number of nitrogens with one attached hydrogen (secondary N) is 2. The summed E-state index contributed by atoms with van der Waals surface area (Å²) in [6.07, 6.45) is -4.16. The van der Waals surface area contributed by atoms with Gasteiger partial charge >= 0.3 is 18.1 Å². The van der Waals surface area contributed by atoms with Crippen LogP contribution in [0, 0.1) is 0 Å². The van der Waals surface area contributed by atoms with Gasteiger partial charge in [-0.25, -0.2) is 27.9 Å². The normalized spacial score (nSPS) is 13.4. The Labute approximate surface area is 227 Å². The highest BCUT2D eigenvalue weighted by atomic mass is 32.2. The molecule has 3 rings (SSSR count). The minimum atomic E-state index is -5.56. The van der Waals surface area contributed by atoms with Gasteiger partial charge in [0, 0.05) is 16.6 Å². The van der Waals surface area contributed by atoms with Crippen LogP contribution in [0.1, 0.15) is 26.3 Å². The number of hydrogen-bond donors (Lipinski definition) is 3. The van der Waals surface area contributed by atoms with Crippen molar-refractivity contribution in [2.45, 2.75) is 38.8 Å². The molecule has 0 radical (unpaired) electrons. The molecule has 0 spiro atoms. The number of carbonyl (C=O) groups is 2. The van der Waals surface area contributed by atoms with Crippen molar-refractivity contribution in [2.24, 2.45) is 0 Å². The zero-order valence-electron chi connectivity index (χ0n) is 21.7. The molecule has 0 aliphatic heterocycles. The number of hydrogen-bond acceptors (Lipinski definition) is 11. The third kappa shape index (κ3) is 6.99. The van der Waals surface area contributed by atoms with Crippen LogP contribution in [0.2, 0.25) is 0 Å². The quantitative estimate of drug-likeness (QED) is 0.236. The summed E-state index contributed by atoms with van der Waals surface area (Å²) < 4.78 is 82.0. The maximum atomic E-state index is 13.5. The number of benzene rings is 2. The zero-order chi connectivity index (χ0) is 29.9. The molecule has 0 aliphatic carbocycles. The second-order valence-electron chi connectivity index (χ2n) is 8.65. The smallest absolute Gasteiger partial charge is 0.490 e. The van der Waals surface area contributed by atoms with Gasteiger partial charge in [-0.05, 0) is 57.2 Å². The number of carbonyl (C=O) groups excluding carboxylic acids is 2. The molecule has 0 saturated carbocycles. The molecule has 0 bridgehead atoms. The van der Waals surface area contributed by atoms with Crippen LogP contribution in [-0.2, 0) is 30.1 Å². The molecule has 12 nitrogen and oxygen atoms in total. The van der Waals surface area contributed by atoms with Crippen molar-refractivity contribution < 1.29 is 45.4 Å². The lowest BCUT2D eigenvalue weighted by Crippen LogP contribution is -2.55. The number of alkyl halides is 3. The van der Waals surface area contributed by atoms with E-state index in [1.807, 2.05) is 0 Å². The number of nitrogens with zero attached hydrogens (tertiary/aromatic N) is 2. The summed E-state index contributed by atoms with van der Waals surface area (Å²) in [5, 5.41) is 2.83. The lowest BCUT2D eigenvalue weighted by atomic mass is 9.99. The maximum absolute atomic E-state index is 13.5. The first-order valence-electron chi connectivity index (χ1n) is 11.6. The maximum Gasteiger partial charge on any atom is 0.491 e. The van der Waals surface area contributed by atoms with Crippen LogP contribution in [0.25, 0.3) is 10.9 Å². The van der Waals surface area contributed by atoms with Crippen molar-refractivity contribution >= 4 is 44.3 Å². The second-order valence-corrected chi connectivity index (χ2v) is 10.4. The number of sulfonamides is 1. The van der Waals surface area contributed by atoms with E-state index in [9.17, 15) is 31.2 Å². The summed E-state index contributed by atoms with van der Waals surface area (Å²) >= 11 is 0. The van der Waals surface area contributed by atoms with E-state index in [0.29, 0.717) is 11.6 Å². The van der Waals surface area contributed by atoms with Crippen molar-refractivity contribution in [2.75, 3.05) is 23.9 Å². The lowest BCUT2D eigenvalue weighted by molar-refractivity contribution is -0.213. The minimum absolute atomic E-state index is 0.0193. The fraction of sp³-hybridized carbons (Fsp3) is 0.333. The molecule has 4 N–H and O–H groups in total. The van der Waals surface area contributed by atoms with Crippen molar-refractivity contribution in [3.05, 3.63) is 48.3 Å². The molecule has 40 heavy (non-hydrogen) atoms. The fourth-order valence-corrected chi connectivity index (χ4v) is 4.01. The number of nitrogen functional groups attached to an aromatic ring is 1. The Hall–Kier alpha value is -4.34. The van der Waals surface area contributed by atoms with Gasteiger partial charge in [-0.3, -0.25) is 4.79 Å². The number of fused-ring (bicyclic) bond motifs is 1. The van der Waals surface area contributed by atoms with E-state index in [1.165, 1.54) is 24.3 Å². The largest absolute Gasteiger partial charge is 0.491 e. The van der Waals surface area contributed by atoms with Crippen LogP contribution in [0.3, 0.4) is 0 Å². The van der Waals surface area contributed by atoms with Crippen LogP contribution in [0.5, 0.6) is 11.5 Å². The van der Waals surface area contributed by atoms with Crippen LogP contribution in [0.4, 0.5) is 24.7 Å². The Bertz CT molecular complexity index is 1530. The fourth-order valence-electron chi connectivity index (χ4n) is 3.53. The van der Waals surface area contributed by atoms with E-state index in [2.05, 4.69) is 15.3 Å². The number of halogens is 3. The minimum Gasteiger partial charge on any atom is -0.490 e. The molecule has 16 heteroatoms. The van der Waals surface area contributed by atoms with E-state index < -0.39 is 39.4 Å². The molecule has 3 aromatic rings. The molecule has 0 aliphatic rings. The van der Waals surface area contributed by atoms with Gasteiger partial charge in [-0.2, -0.15) is 13.2 Å². The first-order valence-corrected chi connectivity index (χ1v) is 13.5. The number of anilines is 2. The Morgan fingerprint density at radius 3 is 2.38 bits per heavy atom. The molecule has 2 aromatic carbocycles. The highest BCUT2D eigenvalue weighted by Gasteiger charge is 2.52. The van der Waals surface area contributed by atoms with E-state index in [0.717, 1.165) is 18.5 Å². The van der Waals surface area contributed by atoms with Gasteiger partial charge in [-0.1, -0.05) is 0 Å². The van der Waals surface area contributed by atoms with Crippen molar-refractivity contribution in [3.63, 3.8) is 0 Å². The number of amides is 1. The summed E-state index contributed by atoms with van der Waals surface area (Å²) in [5.41, 5.74) is 2.43. The number of nitrogens with two attached hydrogens (primary N) is 1. The Kier molecular flexibility index (Phi) is 8.62. The molecule has 0 fully saturated rings. The average molecular weight is 586 g/mol. The standard InChI is InChI=1S/C24H26F3N5O7S/c1-5-37-19-10-14(6-9-18(19)38-13(2)3)23(21(33)32-40(4,35)36,39-22(34)24(25,26)27)31-15-7-8-16-17(11-15)29-12-30-20(16)28/h6-13,31H,5H2,1-4H3,(H,32,33)(H2,28,29,30). The average Bonchev–Trinajstić information content (AvgIpc) is 2.83. The van der Waals surface area contributed by atoms with Gasteiger partial charge in [0.25, 0.3) is 5.72 Å². The lowest BCUT2D eigenvalue weighted by Gasteiger charge is -2.34. The van der Waals surface area contributed by atoms with Crippen molar-refractivity contribution in [1.82, 2.24) is 14.7 Å². The number of rotatable bonds is 10. The Morgan fingerprint density at radius 1 is 1.07 bits per heavy atom. The topological polar surface area (TPSA) is 172 Å². The Balaban J connectivity index is 2.31. The SMILES string of the molecule is CCOc1cc(C(Nc2ccc3c(N)ncnc3c2)(OC(=O)C(F)(F)F)C(=O)NS(C)(=O)=O)ccc1OC(C)C. The van der Waals surface area contributed by atoms with Crippen LogP contribution >= 0.6 is 0 Å². The molecular formula is C24H26F3N5O7S.